The normalized spacial score (nSPS) is 10.4. The van der Waals surface area contributed by atoms with Crippen LogP contribution >= 0.6 is 0 Å². The van der Waals surface area contributed by atoms with Gasteiger partial charge < -0.3 is 14.9 Å². The van der Waals surface area contributed by atoms with Gasteiger partial charge in [0.25, 0.3) is 0 Å². The van der Waals surface area contributed by atoms with Gasteiger partial charge in [-0.3, -0.25) is 4.79 Å². The maximum Gasteiger partial charge on any atom is 0.307 e. The first kappa shape index (κ1) is 16.6. The zero-order valence-electron chi connectivity index (χ0n) is 13.6. The first-order chi connectivity index (χ1) is 12.1. The first-order valence-corrected chi connectivity index (χ1v) is 7.93. The molecule has 0 radical (unpaired) electrons. The maximum absolute atomic E-state index is 11.1. The van der Waals surface area contributed by atoms with Crippen LogP contribution in [0.15, 0.2) is 72.8 Å². The summed E-state index contributed by atoms with van der Waals surface area (Å²) >= 11 is 0. The molecule has 0 amide bonds. The number of phenols is 1. The van der Waals surface area contributed by atoms with Crippen LogP contribution in [0.25, 0.3) is 11.1 Å². The standard InChI is InChI=1S/C21H18O4/c22-20(23)13-18-11-17(16-9-5-2-6-10-16)12-19(21(18)24)25-14-15-7-3-1-4-8-15/h1-12,24H,13-14H2,(H,22,23). The SMILES string of the molecule is O=C(O)Cc1cc(-c2ccccc2)cc(OCc2ccccc2)c1O. The predicted octanol–water partition coefficient (Wildman–Crippen LogP) is 4.27. The summed E-state index contributed by atoms with van der Waals surface area (Å²) in [6.07, 6.45) is -0.270. The topological polar surface area (TPSA) is 66.8 Å². The molecule has 0 aliphatic heterocycles. The number of benzene rings is 3. The summed E-state index contributed by atoms with van der Waals surface area (Å²) in [6, 6.07) is 22.6. The Balaban J connectivity index is 1.96. The van der Waals surface area contributed by atoms with E-state index < -0.39 is 5.97 Å². The maximum atomic E-state index is 11.1. The monoisotopic (exact) mass is 334 g/mol. The van der Waals surface area contributed by atoms with E-state index in [1.807, 2.05) is 60.7 Å². The van der Waals surface area contributed by atoms with Crippen LogP contribution < -0.4 is 4.74 Å². The minimum Gasteiger partial charge on any atom is -0.504 e. The van der Waals surface area contributed by atoms with Crippen molar-refractivity contribution in [2.45, 2.75) is 13.0 Å². The fourth-order valence-electron chi connectivity index (χ4n) is 2.61. The van der Waals surface area contributed by atoms with Crippen LogP contribution in [-0.2, 0) is 17.8 Å². The Morgan fingerprint density at radius 2 is 1.52 bits per heavy atom. The average Bonchev–Trinajstić information content (AvgIpc) is 2.63. The van der Waals surface area contributed by atoms with Crippen molar-refractivity contribution in [2.75, 3.05) is 0 Å². The number of carboxylic acids is 1. The van der Waals surface area contributed by atoms with Gasteiger partial charge in [-0.1, -0.05) is 60.7 Å². The Labute approximate surface area is 146 Å². The van der Waals surface area contributed by atoms with E-state index in [0.29, 0.717) is 12.2 Å². The van der Waals surface area contributed by atoms with Gasteiger partial charge >= 0.3 is 5.97 Å². The van der Waals surface area contributed by atoms with Crippen molar-refractivity contribution in [3.8, 4) is 22.6 Å². The van der Waals surface area contributed by atoms with Gasteiger partial charge in [0, 0.05) is 5.56 Å². The quantitative estimate of drug-likeness (QED) is 0.706. The number of aliphatic carboxylic acids is 1. The van der Waals surface area contributed by atoms with Gasteiger partial charge in [-0.15, -0.1) is 0 Å². The fourth-order valence-corrected chi connectivity index (χ4v) is 2.61. The van der Waals surface area contributed by atoms with E-state index in [0.717, 1.165) is 16.7 Å². The highest BCUT2D eigenvalue weighted by atomic mass is 16.5. The predicted molar refractivity (Wildman–Crippen MR) is 95.7 cm³/mol. The molecule has 4 heteroatoms. The Morgan fingerprint density at radius 1 is 0.880 bits per heavy atom. The molecule has 0 fully saturated rings. The van der Waals surface area contributed by atoms with Crippen LogP contribution in [0.5, 0.6) is 11.5 Å². The Morgan fingerprint density at radius 3 is 2.16 bits per heavy atom. The average molecular weight is 334 g/mol. The van der Waals surface area contributed by atoms with Crippen molar-refractivity contribution in [1.82, 2.24) is 0 Å². The summed E-state index contributed by atoms with van der Waals surface area (Å²) in [5.41, 5.74) is 3.03. The lowest BCUT2D eigenvalue weighted by Gasteiger charge is -2.14. The lowest BCUT2D eigenvalue weighted by Crippen LogP contribution is -2.03. The number of carbonyl (C=O) groups is 1. The van der Waals surface area contributed by atoms with Crippen LogP contribution in [0.4, 0.5) is 0 Å². The molecule has 4 nitrogen and oxygen atoms in total. The number of aromatic hydroxyl groups is 1. The van der Waals surface area contributed by atoms with Crippen molar-refractivity contribution in [2.24, 2.45) is 0 Å². The zero-order chi connectivity index (χ0) is 17.6. The van der Waals surface area contributed by atoms with E-state index in [9.17, 15) is 9.90 Å². The van der Waals surface area contributed by atoms with Crippen LogP contribution in [-0.4, -0.2) is 16.2 Å². The molecule has 0 saturated heterocycles. The molecule has 0 aromatic heterocycles. The molecule has 0 heterocycles. The second-order valence-electron chi connectivity index (χ2n) is 5.69. The molecule has 0 unspecified atom stereocenters. The van der Waals surface area contributed by atoms with E-state index in [4.69, 9.17) is 9.84 Å². The summed E-state index contributed by atoms with van der Waals surface area (Å²) in [5, 5.41) is 19.5. The molecule has 126 valence electrons. The minimum absolute atomic E-state index is 0.127. The Kier molecular flexibility index (Phi) is 5.00. The van der Waals surface area contributed by atoms with E-state index in [1.165, 1.54) is 0 Å². The van der Waals surface area contributed by atoms with E-state index >= 15 is 0 Å². The van der Waals surface area contributed by atoms with Gasteiger partial charge in [-0.05, 0) is 28.8 Å². The number of hydrogen-bond donors (Lipinski definition) is 2. The van der Waals surface area contributed by atoms with E-state index in [1.54, 1.807) is 12.1 Å². The Bertz CT molecular complexity index is 858. The summed E-state index contributed by atoms with van der Waals surface area (Å²) in [4.78, 5) is 11.1. The molecule has 0 spiro atoms. The molecule has 3 aromatic carbocycles. The molecule has 0 aliphatic rings. The van der Waals surface area contributed by atoms with Gasteiger partial charge in [-0.2, -0.15) is 0 Å². The number of rotatable bonds is 6. The third-order valence-corrected chi connectivity index (χ3v) is 3.84. The van der Waals surface area contributed by atoms with Gasteiger partial charge in [0.15, 0.2) is 11.5 Å². The molecule has 0 aliphatic carbocycles. The number of ether oxygens (including phenoxy) is 1. The smallest absolute Gasteiger partial charge is 0.307 e. The summed E-state index contributed by atoms with van der Waals surface area (Å²) < 4.78 is 5.76. The number of phenolic OH excluding ortho intramolecular Hbond substituents is 1. The Hall–Kier alpha value is -3.27. The third-order valence-electron chi connectivity index (χ3n) is 3.84. The third kappa shape index (κ3) is 4.18. The molecule has 3 rings (SSSR count). The highest BCUT2D eigenvalue weighted by molar-refractivity contribution is 5.75. The summed E-state index contributed by atoms with van der Waals surface area (Å²) in [5.74, 6) is -0.853. The molecular weight excluding hydrogens is 316 g/mol. The van der Waals surface area contributed by atoms with Crippen molar-refractivity contribution in [3.63, 3.8) is 0 Å². The molecular formula is C21H18O4. The van der Waals surface area contributed by atoms with Gasteiger partial charge in [-0.25, -0.2) is 0 Å². The van der Waals surface area contributed by atoms with Gasteiger partial charge in [0.1, 0.15) is 6.61 Å². The van der Waals surface area contributed by atoms with Crippen molar-refractivity contribution in [1.29, 1.82) is 0 Å². The second-order valence-corrected chi connectivity index (χ2v) is 5.69. The summed E-state index contributed by atoms with van der Waals surface area (Å²) in [7, 11) is 0. The van der Waals surface area contributed by atoms with Crippen LogP contribution in [0.1, 0.15) is 11.1 Å². The summed E-state index contributed by atoms with van der Waals surface area (Å²) in [6.45, 7) is 0.291. The van der Waals surface area contributed by atoms with Crippen LogP contribution in [0.2, 0.25) is 0 Å². The van der Waals surface area contributed by atoms with Gasteiger partial charge in [0.2, 0.25) is 0 Å². The van der Waals surface area contributed by atoms with Crippen molar-refractivity contribution < 1.29 is 19.7 Å². The highest BCUT2D eigenvalue weighted by Gasteiger charge is 2.15. The molecule has 3 aromatic rings. The van der Waals surface area contributed by atoms with Crippen LogP contribution in [0, 0.1) is 0 Å². The van der Waals surface area contributed by atoms with E-state index in [2.05, 4.69) is 0 Å². The minimum atomic E-state index is -1.01. The fraction of sp³-hybridized carbons (Fsp3) is 0.0952. The molecule has 25 heavy (non-hydrogen) atoms. The van der Waals surface area contributed by atoms with Crippen LogP contribution in [0.3, 0.4) is 0 Å². The van der Waals surface area contributed by atoms with Gasteiger partial charge in [0.05, 0.1) is 6.42 Å². The van der Waals surface area contributed by atoms with E-state index in [-0.39, 0.29) is 17.9 Å². The first-order valence-electron chi connectivity index (χ1n) is 7.93. The zero-order valence-corrected chi connectivity index (χ0v) is 13.6. The lowest BCUT2D eigenvalue weighted by atomic mass is 10.00. The lowest BCUT2D eigenvalue weighted by molar-refractivity contribution is -0.136. The number of hydrogen-bond acceptors (Lipinski definition) is 3. The highest BCUT2D eigenvalue weighted by Crippen LogP contribution is 2.36. The van der Waals surface area contributed by atoms with Crippen molar-refractivity contribution in [3.05, 3.63) is 83.9 Å². The number of carboxylic acid groups (broad SMARTS) is 1. The molecule has 0 atom stereocenters. The largest absolute Gasteiger partial charge is 0.504 e. The molecule has 2 N–H and O–H groups in total. The molecule has 0 bridgehead atoms. The molecule has 0 saturated carbocycles. The second kappa shape index (κ2) is 7.53. The van der Waals surface area contributed by atoms with Crippen molar-refractivity contribution >= 4 is 5.97 Å².